The number of halogens is 1. The second kappa shape index (κ2) is 10.8. The minimum atomic E-state index is -0.0178. The highest BCUT2D eigenvalue weighted by molar-refractivity contribution is 6.32. The molecule has 0 aromatic heterocycles. The number of ketones is 1. The van der Waals surface area contributed by atoms with Crippen LogP contribution in [0, 0.1) is 0 Å². The maximum atomic E-state index is 12.4. The Morgan fingerprint density at radius 1 is 0.967 bits per heavy atom. The van der Waals surface area contributed by atoms with Gasteiger partial charge in [-0.15, -0.1) is 0 Å². The molecule has 0 aliphatic rings. The molecule has 0 atom stereocenters. The molecule has 30 heavy (non-hydrogen) atoms. The van der Waals surface area contributed by atoms with Gasteiger partial charge in [-0.3, -0.25) is 4.79 Å². The highest BCUT2D eigenvalue weighted by Gasteiger charge is 2.10. The zero-order valence-corrected chi connectivity index (χ0v) is 18.0. The third kappa shape index (κ3) is 6.61. The maximum Gasteiger partial charge on any atom is 0.176 e. The summed E-state index contributed by atoms with van der Waals surface area (Å²) in [5.74, 6) is 1.39. The van der Waals surface area contributed by atoms with Gasteiger partial charge >= 0.3 is 0 Å². The van der Waals surface area contributed by atoms with Gasteiger partial charge < -0.3 is 14.8 Å². The molecule has 0 bridgehead atoms. The lowest BCUT2D eigenvalue weighted by Gasteiger charge is -2.12. The molecular weight excluding hydrogens is 398 g/mol. The molecule has 0 heterocycles. The third-order valence-electron chi connectivity index (χ3n) is 4.40. The van der Waals surface area contributed by atoms with Gasteiger partial charge in [-0.2, -0.15) is 0 Å². The predicted octanol–water partition coefficient (Wildman–Crippen LogP) is 5.68. The van der Waals surface area contributed by atoms with Crippen LogP contribution in [0.2, 0.25) is 5.02 Å². The summed E-state index contributed by atoms with van der Waals surface area (Å²) in [4.78, 5) is 12.4. The van der Waals surface area contributed by atoms with Crippen LogP contribution in [0.25, 0.3) is 0 Å². The van der Waals surface area contributed by atoms with Crippen LogP contribution in [0.5, 0.6) is 11.5 Å². The van der Waals surface area contributed by atoms with Crippen LogP contribution in [0.1, 0.15) is 35.3 Å². The standard InChI is InChI=1S/C25H26ClNO3/c1-18(2)30-25-13-10-21(14-23(25)26)24(28)16-27-15-19-8-11-22(12-9-19)29-17-20-6-4-3-5-7-20/h3-14,18,27H,15-17H2,1-2H3. The average molecular weight is 424 g/mol. The van der Waals surface area contributed by atoms with Crippen LogP contribution in [0.15, 0.2) is 72.8 Å². The largest absolute Gasteiger partial charge is 0.489 e. The van der Waals surface area contributed by atoms with E-state index in [9.17, 15) is 4.79 Å². The van der Waals surface area contributed by atoms with E-state index in [0.717, 1.165) is 16.9 Å². The topological polar surface area (TPSA) is 47.6 Å². The number of hydrogen-bond donors (Lipinski definition) is 1. The van der Waals surface area contributed by atoms with Gasteiger partial charge in [0.15, 0.2) is 5.78 Å². The van der Waals surface area contributed by atoms with E-state index in [0.29, 0.717) is 29.5 Å². The molecule has 0 saturated heterocycles. The molecule has 0 amide bonds. The molecule has 3 aromatic rings. The van der Waals surface area contributed by atoms with Crippen molar-refractivity contribution < 1.29 is 14.3 Å². The Kier molecular flexibility index (Phi) is 7.89. The monoisotopic (exact) mass is 423 g/mol. The summed E-state index contributed by atoms with van der Waals surface area (Å²) in [5.41, 5.74) is 2.77. The summed E-state index contributed by atoms with van der Waals surface area (Å²) in [5, 5.41) is 3.62. The highest BCUT2D eigenvalue weighted by atomic mass is 35.5. The number of ether oxygens (including phenoxy) is 2. The Balaban J connectivity index is 1.45. The lowest BCUT2D eigenvalue weighted by molar-refractivity contribution is 0.0990. The molecule has 0 radical (unpaired) electrons. The van der Waals surface area contributed by atoms with Gasteiger partial charge in [0, 0.05) is 12.1 Å². The summed E-state index contributed by atoms with van der Waals surface area (Å²) in [6, 6.07) is 23.1. The smallest absolute Gasteiger partial charge is 0.176 e. The molecule has 0 aliphatic heterocycles. The van der Waals surface area contributed by atoms with E-state index in [2.05, 4.69) is 5.32 Å². The zero-order chi connectivity index (χ0) is 21.3. The fourth-order valence-electron chi connectivity index (χ4n) is 2.89. The SMILES string of the molecule is CC(C)Oc1ccc(C(=O)CNCc2ccc(OCc3ccccc3)cc2)cc1Cl. The van der Waals surface area contributed by atoms with E-state index in [1.807, 2.05) is 68.4 Å². The molecule has 5 heteroatoms. The van der Waals surface area contributed by atoms with Gasteiger partial charge in [-0.25, -0.2) is 0 Å². The Morgan fingerprint density at radius 3 is 2.37 bits per heavy atom. The molecule has 0 aliphatic carbocycles. The lowest BCUT2D eigenvalue weighted by Crippen LogP contribution is -2.22. The number of carbonyl (C=O) groups excluding carboxylic acids is 1. The van der Waals surface area contributed by atoms with Crippen LogP contribution in [0.3, 0.4) is 0 Å². The van der Waals surface area contributed by atoms with Crippen LogP contribution in [-0.2, 0) is 13.2 Å². The van der Waals surface area contributed by atoms with Crippen molar-refractivity contribution >= 4 is 17.4 Å². The van der Waals surface area contributed by atoms with E-state index >= 15 is 0 Å². The molecule has 156 valence electrons. The lowest BCUT2D eigenvalue weighted by atomic mass is 10.1. The molecular formula is C25H26ClNO3. The number of nitrogens with one attached hydrogen (secondary N) is 1. The molecule has 4 nitrogen and oxygen atoms in total. The maximum absolute atomic E-state index is 12.4. The second-order valence-corrected chi connectivity index (χ2v) is 7.66. The van der Waals surface area contributed by atoms with Crippen molar-refractivity contribution in [2.75, 3.05) is 6.54 Å². The molecule has 3 aromatic carbocycles. The molecule has 0 saturated carbocycles. The first-order valence-corrected chi connectivity index (χ1v) is 10.3. The summed E-state index contributed by atoms with van der Waals surface area (Å²) in [6.07, 6.45) is 0.0286. The fraction of sp³-hybridized carbons (Fsp3) is 0.240. The van der Waals surface area contributed by atoms with Crippen LogP contribution >= 0.6 is 11.6 Å². The quantitative estimate of drug-likeness (QED) is 0.426. The van der Waals surface area contributed by atoms with E-state index in [-0.39, 0.29) is 18.4 Å². The number of Topliss-reactive ketones (excluding diaryl/α,β-unsaturated/α-hetero) is 1. The van der Waals surface area contributed by atoms with Crippen LogP contribution < -0.4 is 14.8 Å². The van der Waals surface area contributed by atoms with Crippen molar-refractivity contribution in [3.63, 3.8) is 0 Å². The first kappa shape index (κ1) is 21.9. The summed E-state index contributed by atoms with van der Waals surface area (Å²) >= 11 is 6.22. The van der Waals surface area contributed by atoms with E-state index < -0.39 is 0 Å². The van der Waals surface area contributed by atoms with Gasteiger partial charge in [-0.05, 0) is 55.3 Å². The number of rotatable bonds is 10. The van der Waals surface area contributed by atoms with Crippen molar-refractivity contribution in [3.8, 4) is 11.5 Å². The van der Waals surface area contributed by atoms with Crippen molar-refractivity contribution in [1.82, 2.24) is 5.32 Å². The van der Waals surface area contributed by atoms with Gasteiger partial charge in [0.1, 0.15) is 18.1 Å². The normalized spacial score (nSPS) is 10.8. The van der Waals surface area contributed by atoms with Crippen molar-refractivity contribution in [2.45, 2.75) is 33.1 Å². The Hall–Kier alpha value is -2.82. The first-order chi connectivity index (χ1) is 14.5. The van der Waals surface area contributed by atoms with E-state index in [1.165, 1.54) is 0 Å². The number of carbonyl (C=O) groups is 1. The Bertz CT molecular complexity index is 956. The van der Waals surface area contributed by atoms with Crippen molar-refractivity contribution in [2.24, 2.45) is 0 Å². The molecule has 0 unspecified atom stereocenters. The molecule has 0 spiro atoms. The average Bonchev–Trinajstić information content (AvgIpc) is 2.75. The summed E-state index contributed by atoms with van der Waals surface area (Å²) in [7, 11) is 0. The highest BCUT2D eigenvalue weighted by Crippen LogP contribution is 2.26. The third-order valence-corrected chi connectivity index (χ3v) is 4.70. The van der Waals surface area contributed by atoms with E-state index in [4.69, 9.17) is 21.1 Å². The van der Waals surface area contributed by atoms with Crippen molar-refractivity contribution in [1.29, 1.82) is 0 Å². The second-order valence-electron chi connectivity index (χ2n) is 7.26. The zero-order valence-electron chi connectivity index (χ0n) is 17.2. The fourth-order valence-corrected chi connectivity index (χ4v) is 3.12. The minimum absolute atomic E-state index is 0.0178. The molecule has 1 N–H and O–H groups in total. The Morgan fingerprint density at radius 2 is 1.70 bits per heavy atom. The van der Waals surface area contributed by atoms with Gasteiger partial charge in [-0.1, -0.05) is 54.1 Å². The predicted molar refractivity (Wildman–Crippen MR) is 120 cm³/mol. The van der Waals surface area contributed by atoms with Crippen LogP contribution in [0.4, 0.5) is 0 Å². The van der Waals surface area contributed by atoms with Gasteiger partial charge in [0.05, 0.1) is 17.7 Å². The van der Waals surface area contributed by atoms with Crippen LogP contribution in [-0.4, -0.2) is 18.4 Å². The minimum Gasteiger partial charge on any atom is -0.489 e. The Labute approximate surface area is 182 Å². The molecule has 0 fully saturated rings. The van der Waals surface area contributed by atoms with Gasteiger partial charge in [0.25, 0.3) is 0 Å². The van der Waals surface area contributed by atoms with E-state index in [1.54, 1.807) is 18.2 Å². The van der Waals surface area contributed by atoms with Crippen molar-refractivity contribution in [3.05, 3.63) is 94.5 Å². The number of hydrogen-bond acceptors (Lipinski definition) is 4. The summed E-state index contributed by atoms with van der Waals surface area (Å²) in [6.45, 7) is 5.22. The summed E-state index contributed by atoms with van der Waals surface area (Å²) < 4.78 is 11.4. The van der Waals surface area contributed by atoms with Gasteiger partial charge in [0.2, 0.25) is 0 Å². The molecule has 3 rings (SSSR count). The number of benzene rings is 3. The first-order valence-electron chi connectivity index (χ1n) is 9.97.